The molecule has 10 rings (SSSR count). The molecule has 0 aliphatic rings. The number of benzene rings is 7. The summed E-state index contributed by atoms with van der Waals surface area (Å²) in [5.74, 6) is 1.71. The van der Waals surface area contributed by atoms with Gasteiger partial charge in [-0.2, -0.15) is 0 Å². The summed E-state index contributed by atoms with van der Waals surface area (Å²) in [4.78, 5) is 10.6. The van der Waals surface area contributed by atoms with Gasteiger partial charge in [0.05, 0.1) is 27.5 Å². The fourth-order valence-corrected chi connectivity index (χ4v) is 7.24. The van der Waals surface area contributed by atoms with Crippen LogP contribution in [0.15, 0.2) is 188 Å². The van der Waals surface area contributed by atoms with Gasteiger partial charge in [0, 0.05) is 34.6 Å². The predicted molar refractivity (Wildman–Crippen MR) is 205 cm³/mol. The van der Waals surface area contributed by atoms with Crippen molar-refractivity contribution in [2.75, 3.05) is 0 Å². The second-order valence-electron chi connectivity index (χ2n) is 12.6. The van der Waals surface area contributed by atoms with E-state index in [0.29, 0.717) is 0 Å². The van der Waals surface area contributed by atoms with E-state index in [1.807, 2.05) is 24.3 Å². The molecule has 6 nitrogen and oxygen atoms in total. The van der Waals surface area contributed by atoms with Gasteiger partial charge in [-0.25, -0.2) is 9.97 Å². The Labute approximate surface area is 294 Å². The molecule has 51 heavy (non-hydrogen) atoms. The van der Waals surface area contributed by atoms with E-state index >= 15 is 0 Å². The van der Waals surface area contributed by atoms with Crippen LogP contribution in [0.1, 0.15) is 0 Å². The van der Waals surface area contributed by atoms with Gasteiger partial charge < -0.3 is 0 Å². The van der Waals surface area contributed by atoms with E-state index in [1.165, 1.54) is 0 Å². The number of aromatic nitrogens is 6. The van der Waals surface area contributed by atoms with Crippen molar-refractivity contribution in [3.8, 4) is 45.5 Å². The van der Waals surface area contributed by atoms with E-state index < -0.39 is 0 Å². The molecule has 10 aromatic rings. The highest BCUT2D eigenvalue weighted by atomic mass is 15.4. The zero-order valence-electron chi connectivity index (χ0n) is 27.6. The van der Waals surface area contributed by atoms with Gasteiger partial charge in [-0.05, 0) is 78.9 Å². The van der Waals surface area contributed by atoms with Crippen LogP contribution in [0.25, 0.3) is 78.5 Å². The van der Waals surface area contributed by atoms with E-state index in [2.05, 4.69) is 182 Å². The number of imidazole rings is 2. The first-order chi connectivity index (χ1) is 25.3. The Balaban J connectivity index is 1.31. The van der Waals surface area contributed by atoms with Gasteiger partial charge in [0.25, 0.3) is 0 Å². The monoisotopic (exact) mass is 655 g/mol. The van der Waals surface area contributed by atoms with Crippen molar-refractivity contribution in [2.45, 2.75) is 0 Å². The van der Waals surface area contributed by atoms with Crippen LogP contribution in [0.5, 0.6) is 0 Å². The zero-order chi connectivity index (χ0) is 33.7. The number of hydrogen-bond donors (Lipinski definition) is 0. The fourth-order valence-electron chi connectivity index (χ4n) is 7.24. The van der Waals surface area contributed by atoms with Gasteiger partial charge in [0.2, 0.25) is 11.9 Å². The summed E-state index contributed by atoms with van der Waals surface area (Å²) in [7, 11) is 0. The van der Waals surface area contributed by atoms with Crippen molar-refractivity contribution in [3.05, 3.63) is 188 Å². The van der Waals surface area contributed by atoms with Crippen LogP contribution in [-0.4, -0.2) is 23.8 Å². The van der Waals surface area contributed by atoms with Gasteiger partial charge in [-0.1, -0.05) is 95.7 Å². The third-order valence-electron chi connectivity index (χ3n) is 9.49. The lowest BCUT2D eigenvalue weighted by Gasteiger charge is -2.13. The number of fused-ring (bicyclic) bond motifs is 3. The minimum Gasteiger partial charge on any atom is -0.292 e. The van der Waals surface area contributed by atoms with Crippen LogP contribution < -0.4 is 4.68 Å². The summed E-state index contributed by atoms with van der Waals surface area (Å²) in [5, 5.41) is 1.14. The molecule has 0 unspecified atom stereocenters. The van der Waals surface area contributed by atoms with E-state index in [9.17, 15) is 0 Å². The summed E-state index contributed by atoms with van der Waals surface area (Å²) in [6.07, 6.45) is 2.21. The highest BCUT2D eigenvalue weighted by Gasteiger charge is 2.25. The second kappa shape index (κ2) is 11.8. The third-order valence-corrected chi connectivity index (χ3v) is 9.49. The van der Waals surface area contributed by atoms with Crippen molar-refractivity contribution in [1.82, 2.24) is 23.8 Å². The van der Waals surface area contributed by atoms with Crippen LogP contribution in [0.4, 0.5) is 0 Å². The Kier molecular flexibility index (Phi) is 6.70. The SMILES string of the molecule is c1ccc(-n2c(-c3cc(-c4nc5ccccc5n4-c4ccccc4)cc(-[n+]4cc5ccccc5n4-c4ccccc4)c3)nc3ccccc32)cc1. The molecule has 0 amide bonds. The predicted octanol–water partition coefficient (Wildman–Crippen LogP) is 9.92. The fraction of sp³-hybridized carbons (Fsp3) is 0. The maximum absolute atomic E-state index is 5.30. The largest absolute Gasteiger partial charge is 0.292 e. The Bertz CT molecular complexity index is 2520. The van der Waals surface area contributed by atoms with Gasteiger partial charge in [0.15, 0.2) is 0 Å². The maximum Gasteiger partial charge on any atom is 0.237 e. The quantitative estimate of drug-likeness (QED) is 0.167. The van der Waals surface area contributed by atoms with Crippen molar-refractivity contribution >= 4 is 33.0 Å². The highest BCUT2D eigenvalue weighted by Crippen LogP contribution is 2.35. The lowest BCUT2D eigenvalue weighted by Crippen LogP contribution is -2.39. The average molecular weight is 656 g/mol. The zero-order valence-corrected chi connectivity index (χ0v) is 27.6. The first-order valence-corrected chi connectivity index (χ1v) is 17.1. The molecule has 3 heterocycles. The van der Waals surface area contributed by atoms with Gasteiger partial charge >= 0.3 is 0 Å². The molecule has 0 spiro atoms. The summed E-state index contributed by atoms with van der Waals surface area (Å²) < 4.78 is 9.04. The Hall–Kier alpha value is -7.05. The standard InChI is InChI=1S/C45H31N6/c1-4-17-35(18-5-1)49-42-26-14-11-23-39(42)46-44(49)33-28-34(45-47-40-24-12-15-27-43(40)50(45)36-19-6-2-7-20-36)30-38(29-33)48-31-32-16-10-13-25-41(32)51(48)37-21-8-3-9-22-37/h1-31H/q+1. The minimum atomic E-state index is 0.857. The molecule has 0 saturated carbocycles. The van der Waals surface area contributed by atoms with E-state index in [-0.39, 0.29) is 0 Å². The van der Waals surface area contributed by atoms with Crippen LogP contribution >= 0.6 is 0 Å². The molecule has 0 N–H and O–H groups in total. The Morgan fingerprint density at radius 3 is 1.35 bits per heavy atom. The first kappa shape index (κ1) is 28.9. The lowest BCUT2D eigenvalue weighted by atomic mass is 10.1. The molecule has 0 fully saturated rings. The van der Waals surface area contributed by atoms with Crippen molar-refractivity contribution < 1.29 is 4.68 Å². The Morgan fingerprint density at radius 1 is 0.392 bits per heavy atom. The highest BCUT2D eigenvalue weighted by molar-refractivity contribution is 5.87. The van der Waals surface area contributed by atoms with E-state index in [0.717, 1.165) is 78.5 Å². The minimum absolute atomic E-state index is 0.857. The molecule has 0 radical (unpaired) electrons. The molecule has 0 saturated heterocycles. The lowest BCUT2D eigenvalue weighted by molar-refractivity contribution is -0.672. The normalized spacial score (nSPS) is 11.5. The molecule has 0 aliphatic carbocycles. The number of nitrogens with zero attached hydrogens (tertiary/aromatic N) is 6. The molecule has 7 aromatic carbocycles. The van der Waals surface area contributed by atoms with E-state index in [4.69, 9.17) is 9.97 Å². The van der Waals surface area contributed by atoms with Crippen LogP contribution in [-0.2, 0) is 0 Å². The van der Waals surface area contributed by atoms with Crippen LogP contribution in [0.3, 0.4) is 0 Å². The average Bonchev–Trinajstić information content (AvgIpc) is 3.91. The topological polar surface area (TPSA) is 44.5 Å². The molecule has 0 bridgehead atoms. The van der Waals surface area contributed by atoms with Crippen LogP contribution in [0.2, 0.25) is 0 Å². The van der Waals surface area contributed by atoms with Gasteiger partial charge in [-0.15, -0.1) is 4.68 Å². The van der Waals surface area contributed by atoms with Crippen molar-refractivity contribution in [1.29, 1.82) is 0 Å². The number of rotatable bonds is 6. The smallest absolute Gasteiger partial charge is 0.237 e. The van der Waals surface area contributed by atoms with Gasteiger partial charge in [-0.3, -0.25) is 9.13 Å². The number of para-hydroxylation sites is 8. The summed E-state index contributed by atoms with van der Waals surface area (Å²) >= 11 is 0. The van der Waals surface area contributed by atoms with Crippen molar-refractivity contribution in [2.24, 2.45) is 0 Å². The molecule has 0 aliphatic heterocycles. The summed E-state index contributed by atoms with van der Waals surface area (Å²) in [6, 6.07) is 63.4. The molecule has 3 aromatic heterocycles. The maximum atomic E-state index is 5.30. The molecule has 0 atom stereocenters. The second-order valence-corrected chi connectivity index (χ2v) is 12.6. The van der Waals surface area contributed by atoms with Gasteiger partial charge in [0.1, 0.15) is 22.9 Å². The molecule has 6 heteroatoms. The third kappa shape index (κ3) is 4.84. The van der Waals surface area contributed by atoms with E-state index in [1.54, 1.807) is 0 Å². The van der Waals surface area contributed by atoms with Crippen LogP contribution in [0, 0.1) is 0 Å². The molecule has 240 valence electrons. The number of hydrogen-bond acceptors (Lipinski definition) is 2. The summed E-state index contributed by atoms with van der Waals surface area (Å²) in [6.45, 7) is 0. The summed E-state index contributed by atoms with van der Waals surface area (Å²) in [5.41, 5.74) is 11.2. The Morgan fingerprint density at radius 2 is 0.824 bits per heavy atom. The first-order valence-electron chi connectivity index (χ1n) is 17.1. The van der Waals surface area contributed by atoms with Crippen molar-refractivity contribution in [3.63, 3.8) is 0 Å². The molecular weight excluding hydrogens is 625 g/mol. The molecular formula is C45H31N6+.